The van der Waals surface area contributed by atoms with Crippen molar-refractivity contribution in [2.75, 3.05) is 19.0 Å². The highest BCUT2D eigenvalue weighted by Gasteiger charge is 2.07. The summed E-state index contributed by atoms with van der Waals surface area (Å²) in [6, 6.07) is 8.10. The number of hydrogen-bond donors (Lipinski definition) is 2. The number of ether oxygens (including phenoxy) is 1. The topological polar surface area (TPSA) is 73.1 Å². The van der Waals surface area contributed by atoms with E-state index in [1.807, 2.05) is 24.3 Å². The van der Waals surface area contributed by atoms with Crippen molar-refractivity contribution in [2.24, 2.45) is 5.73 Å². The second-order valence-corrected chi connectivity index (χ2v) is 5.35. The highest BCUT2D eigenvalue weighted by atomic mass is 32.1. The van der Waals surface area contributed by atoms with E-state index in [-0.39, 0.29) is 6.04 Å². The van der Waals surface area contributed by atoms with Crippen LogP contribution in [0.1, 0.15) is 24.7 Å². The summed E-state index contributed by atoms with van der Waals surface area (Å²) in [5.41, 5.74) is 7.00. The minimum atomic E-state index is 0.153. The number of benzene rings is 1. The third-order valence-electron chi connectivity index (χ3n) is 3.00. The van der Waals surface area contributed by atoms with Gasteiger partial charge < -0.3 is 15.8 Å². The van der Waals surface area contributed by atoms with E-state index in [0.29, 0.717) is 6.42 Å². The first kappa shape index (κ1) is 14.7. The normalized spacial score (nSPS) is 12.2. The quantitative estimate of drug-likeness (QED) is 0.819. The van der Waals surface area contributed by atoms with Crippen LogP contribution in [0.5, 0.6) is 5.75 Å². The van der Waals surface area contributed by atoms with Gasteiger partial charge in [-0.15, -0.1) is 0 Å². The van der Waals surface area contributed by atoms with Gasteiger partial charge in [-0.25, -0.2) is 4.98 Å². The first-order chi connectivity index (χ1) is 9.71. The number of nitrogens with one attached hydrogen (secondary N) is 1. The van der Waals surface area contributed by atoms with E-state index in [9.17, 15) is 0 Å². The van der Waals surface area contributed by atoms with Crippen molar-refractivity contribution in [3.63, 3.8) is 0 Å². The molecule has 0 fully saturated rings. The first-order valence-corrected chi connectivity index (χ1v) is 7.43. The monoisotopic (exact) mass is 292 g/mol. The lowest BCUT2D eigenvalue weighted by Gasteiger charge is -2.07. The van der Waals surface area contributed by atoms with Gasteiger partial charge in [-0.2, -0.15) is 4.37 Å². The van der Waals surface area contributed by atoms with Gasteiger partial charge in [0.1, 0.15) is 11.6 Å². The number of aromatic nitrogens is 2. The summed E-state index contributed by atoms with van der Waals surface area (Å²) in [6.07, 6.45) is 1.65. The molecular formula is C14H20N4OS. The van der Waals surface area contributed by atoms with Crippen LogP contribution in [0.3, 0.4) is 0 Å². The molecule has 3 N–H and O–H groups in total. The summed E-state index contributed by atoms with van der Waals surface area (Å²) in [7, 11) is 1.67. The Labute approximate surface area is 123 Å². The van der Waals surface area contributed by atoms with E-state index in [2.05, 4.69) is 21.6 Å². The van der Waals surface area contributed by atoms with Crippen LogP contribution in [-0.2, 0) is 6.42 Å². The van der Waals surface area contributed by atoms with Crippen LogP contribution in [0.25, 0.3) is 0 Å². The molecule has 0 aliphatic rings. The third kappa shape index (κ3) is 4.18. The van der Waals surface area contributed by atoms with Crippen LogP contribution in [0, 0.1) is 0 Å². The molecule has 0 aliphatic heterocycles. The van der Waals surface area contributed by atoms with Crippen molar-refractivity contribution in [3.05, 3.63) is 35.7 Å². The molecule has 6 heteroatoms. The maximum atomic E-state index is 5.86. The SMILES string of the molecule is CCC(N)CNc1nc(Cc2cccc(OC)c2)ns1. The minimum Gasteiger partial charge on any atom is -0.497 e. The molecule has 2 aromatic rings. The summed E-state index contributed by atoms with van der Waals surface area (Å²) in [6.45, 7) is 2.80. The van der Waals surface area contributed by atoms with Crippen molar-refractivity contribution in [2.45, 2.75) is 25.8 Å². The Hall–Kier alpha value is -1.66. The zero-order valence-electron chi connectivity index (χ0n) is 11.8. The predicted octanol–water partition coefficient (Wildman–Crippen LogP) is 2.29. The Morgan fingerprint density at radius 3 is 3.05 bits per heavy atom. The van der Waals surface area contributed by atoms with Gasteiger partial charge in [0.2, 0.25) is 5.13 Å². The minimum absolute atomic E-state index is 0.153. The maximum Gasteiger partial charge on any atom is 0.202 e. The molecule has 0 spiro atoms. The summed E-state index contributed by atoms with van der Waals surface area (Å²) in [5, 5.41) is 4.05. The molecule has 20 heavy (non-hydrogen) atoms. The number of methoxy groups -OCH3 is 1. The van der Waals surface area contributed by atoms with Gasteiger partial charge in [0, 0.05) is 30.5 Å². The summed E-state index contributed by atoms with van der Waals surface area (Å²) in [4.78, 5) is 4.47. The molecule has 5 nitrogen and oxygen atoms in total. The molecule has 1 aromatic carbocycles. The largest absolute Gasteiger partial charge is 0.497 e. The van der Waals surface area contributed by atoms with Crippen LogP contribution in [0.4, 0.5) is 5.13 Å². The molecule has 108 valence electrons. The second kappa shape index (κ2) is 7.21. The van der Waals surface area contributed by atoms with Crippen LogP contribution < -0.4 is 15.8 Å². The molecule has 1 heterocycles. The van der Waals surface area contributed by atoms with E-state index in [4.69, 9.17) is 10.5 Å². The Morgan fingerprint density at radius 1 is 1.45 bits per heavy atom. The highest BCUT2D eigenvalue weighted by Crippen LogP contribution is 2.17. The lowest BCUT2D eigenvalue weighted by atomic mass is 10.1. The molecule has 2 rings (SSSR count). The van der Waals surface area contributed by atoms with Crippen LogP contribution in [0.2, 0.25) is 0 Å². The van der Waals surface area contributed by atoms with Gasteiger partial charge in [-0.05, 0) is 24.1 Å². The van der Waals surface area contributed by atoms with E-state index in [1.54, 1.807) is 7.11 Å². The number of anilines is 1. The van der Waals surface area contributed by atoms with Crippen molar-refractivity contribution < 1.29 is 4.74 Å². The summed E-state index contributed by atoms with van der Waals surface area (Å²) < 4.78 is 9.57. The molecule has 1 aromatic heterocycles. The third-order valence-corrected chi connectivity index (χ3v) is 3.71. The number of hydrogen-bond acceptors (Lipinski definition) is 6. The Kier molecular flexibility index (Phi) is 5.31. The molecular weight excluding hydrogens is 272 g/mol. The number of nitrogens with two attached hydrogens (primary N) is 1. The second-order valence-electron chi connectivity index (χ2n) is 4.59. The van der Waals surface area contributed by atoms with Crippen molar-refractivity contribution in [1.82, 2.24) is 9.36 Å². The zero-order valence-corrected chi connectivity index (χ0v) is 12.6. The lowest BCUT2D eigenvalue weighted by molar-refractivity contribution is 0.414. The first-order valence-electron chi connectivity index (χ1n) is 6.66. The van der Waals surface area contributed by atoms with E-state index in [0.717, 1.165) is 35.2 Å². The van der Waals surface area contributed by atoms with Gasteiger partial charge in [0.25, 0.3) is 0 Å². The average molecular weight is 292 g/mol. The fourth-order valence-electron chi connectivity index (χ4n) is 1.73. The van der Waals surface area contributed by atoms with Crippen LogP contribution >= 0.6 is 11.5 Å². The Morgan fingerprint density at radius 2 is 2.30 bits per heavy atom. The number of nitrogens with zero attached hydrogens (tertiary/aromatic N) is 2. The van der Waals surface area contributed by atoms with Crippen molar-refractivity contribution in [3.8, 4) is 5.75 Å². The molecule has 0 amide bonds. The highest BCUT2D eigenvalue weighted by molar-refractivity contribution is 7.09. The van der Waals surface area contributed by atoms with Crippen LogP contribution in [-0.4, -0.2) is 29.1 Å². The zero-order chi connectivity index (χ0) is 14.4. The Balaban J connectivity index is 1.95. The molecule has 0 saturated heterocycles. The van der Waals surface area contributed by atoms with E-state index >= 15 is 0 Å². The van der Waals surface area contributed by atoms with E-state index < -0.39 is 0 Å². The average Bonchev–Trinajstić information content (AvgIpc) is 2.92. The molecule has 0 aliphatic carbocycles. The summed E-state index contributed by atoms with van der Waals surface area (Å²) >= 11 is 1.37. The molecule has 0 bridgehead atoms. The molecule has 1 atom stereocenters. The molecule has 1 unspecified atom stereocenters. The van der Waals surface area contributed by atoms with Gasteiger partial charge >= 0.3 is 0 Å². The summed E-state index contributed by atoms with van der Waals surface area (Å²) in [5.74, 6) is 1.67. The maximum absolute atomic E-state index is 5.86. The fourth-order valence-corrected chi connectivity index (χ4v) is 2.32. The smallest absolute Gasteiger partial charge is 0.202 e. The van der Waals surface area contributed by atoms with E-state index in [1.165, 1.54) is 11.5 Å². The van der Waals surface area contributed by atoms with Gasteiger partial charge in [0.05, 0.1) is 7.11 Å². The van der Waals surface area contributed by atoms with Gasteiger partial charge in [0.15, 0.2) is 0 Å². The molecule has 0 saturated carbocycles. The van der Waals surface area contributed by atoms with Gasteiger partial charge in [-0.1, -0.05) is 19.1 Å². The fraction of sp³-hybridized carbons (Fsp3) is 0.429. The number of rotatable bonds is 7. The van der Waals surface area contributed by atoms with Crippen molar-refractivity contribution in [1.29, 1.82) is 0 Å². The predicted molar refractivity (Wildman–Crippen MR) is 82.5 cm³/mol. The van der Waals surface area contributed by atoms with Gasteiger partial charge in [-0.3, -0.25) is 0 Å². The lowest BCUT2D eigenvalue weighted by Crippen LogP contribution is -2.27. The van der Waals surface area contributed by atoms with Crippen LogP contribution in [0.15, 0.2) is 24.3 Å². The standard InChI is InChI=1S/C14H20N4OS/c1-3-11(15)9-16-14-17-13(18-20-14)8-10-5-4-6-12(7-10)19-2/h4-7,11H,3,8-9,15H2,1-2H3,(H,16,17,18). The molecule has 0 radical (unpaired) electrons. The van der Waals surface area contributed by atoms with Crippen molar-refractivity contribution >= 4 is 16.7 Å². The Bertz CT molecular complexity index is 543.